The van der Waals surface area contributed by atoms with Gasteiger partial charge in [-0.15, -0.1) is 10.2 Å². The summed E-state index contributed by atoms with van der Waals surface area (Å²) in [7, 11) is 0. The van der Waals surface area contributed by atoms with Gasteiger partial charge in [0.05, 0.1) is 13.2 Å². The molecule has 2 amide bonds. The molecule has 0 unspecified atom stereocenters. The van der Waals surface area contributed by atoms with Crippen molar-refractivity contribution in [1.82, 2.24) is 15.1 Å². The van der Waals surface area contributed by atoms with Gasteiger partial charge in [-0.05, 0) is 24.6 Å². The van der Waals surface area contributed by atoms with Gasteiger partial charge in [0.15, 0.2) is 0 Å². The SMILES string of the molecule is Cc1nnc(-c2ccc(C)c(NC3=CC(=O)N(CCO)C3=O)c2)o1. The largest absolute Gasteiger partial charge is 0.421 e. The molecule has 0 atom stereocenters. The first-order valence-corrected chi connectivity index (χ1v) is 7.36. The summed E-state index contributed by atoms with van der Waals surface area (Å²) in [5, 5.41) is 19.7. The number of benzene rings is 1. The quantitative estimate of drug-likeness (QED) is 0.788. The Bertz CT molecular complexity index is 840. The molecule has 0 aliphatic carbocycles. The Balaban J connectivity index is 1.87. The first-order chi connectivity index (χ1) is 11.5. The molecule has 0 radical (unpaired) electrons. The van der Waals surface area contributed by atoms with Crippen LogP contribution in [-0.2, 0) is 9.59 Å². The number of β-amino-alcohol motifs (C(OH)–C–C–N with tert-alkyl or cyclic N) is 1. The van der Waals surface area contributed by atoms with E-state index in [0.29, 0.717) is 23.0 Å². The molecule has 1 aliphatic heterocycles. The number of hydrogen-bond acceptors (Lipinski definition) is 7. The number of nitrogens with one attached hydrogen (secondary N) is 1. The van der Waals surface area contributed by atoms with Gasteiger partial charge < -0.3 is 14.8 Å². The molecule has 0 fully saturated rings. The number of imide groups is 1. The van der Waals surface area contributed by atoms with Crippen molar-refractivity contribution in [3.8, 4) is 11.5 Å². The fourth-order valence-corrected chi connectivity index (χ4v) is 2.36. The van der Waals surface area contributed by atoms with Crippen LogP contribution in [0.4, 0.5) is 5.69 Å². The molecule has 8 nitrogen and oxygen atoms in total. The highest BCUT2D eigenvalue weighted by atomic mass is 16.4. The fourth-order valence-electron chi connectivity index (χ4n) is 2.36. The lowest BCUT2D eigenvalue weighted by Gasteiger charge is -2.14. The highest BCUT2D eigenvalue weighted by Gasteiger charge is 2.30. The minimum Gasteiger partial charge on any atom is -0.421 e. The van der Waals surface area contributed by atoms with E-state index in [2.05, 4.69) is 15.5 Å². The zero-order valence-electron chi connectivity index (χ0n) is 13.2. The summed E-state index contributed by atoms with van der Waals surface area (Å²) < 4.78 is 5.40. The number of aliphatic hydroxyl groups excluding tert-OH is 1. The van der Waals surface area contributed by atoms with Crippen LogP contribution in [0.25, 0.3) is 11.5 Å². The highest BCUT2D eigenvalue weighted by Crippen LogP contribution is 2.26. The number of anilines is 1. The maximum Gasteiger partial charge on any atom is 0.277 e. The Kier molecular flexibility index (Phi) is 4.13. The zero-order valence-corrected chi connectivity index (χ0v) is 13.2. The maximum atomic E-state index is 12.2. The molecule has 0 bridgehead atoms. The van der Waals surface area contributed by atoms with Gasteiger partial charge in [-0.3, -0.25) is 14.5 Å². The minimum absolute atomic E-state index is 0.0281. The summed E-state index contributed by atoms with van der Waals surface area (Å²) >= 11 is 0. The minimum atomic E-state index is -0.465. The van der Waals surface area contributed by atoms with Crippen molar-refractivity contribution in [2.45, 2.75) is 13.8 Å². The Morgan fingerprint density at radius 3 is 2.71 bits per heavy atom. The Hall–Kier alpha value is -3.00. The number of carbonyl (C=O) groups excluding carboxylic acids is 2. The summed E-state index contributed by atoms with van der Waals surface area (Å²) in [6, 6.07) is 5.46. The number of aromatic nitrogens is 2. The molecule has 3 rings (SSSR count). The van der Waals surface area contributed by atoms with Crippen LogP contribution in [0.15, 0.2) is 34.4 Å². The lowest BCUT2D eigenvalue weighted by molar-refractivity contribution is -0.137. The van der Waals surface area contributed by atoms with Gasteiger partial charge in [-0.2, -0.15) is 0 Å². The van der Waals surface area contributed by atoms with Crippen LogP contribution in [0, 0.1) is 13.8 Å². The van der Waals surface area contributed by atoms with Crippen LogP contribution in [0.3, 0.4) is 0 Å². The van der Waals surface area contributed by atoms with E-state index in [1.165, 1.54) is 6.08 Å². The molecule has 0 spiro atoms. The molecule has 2 heterocycles. The van der Waals surface area contributed by atoms with E-state index in [4.69, 9.17) is 9.52 Å². The average molecular weight is 328 g/mol. The number of rotatable bonds is 5. The molecule has 1 aliphatic rings. The number of aliphatic hydroxyl groups is 1. The molecule has 2 N–H and O–H groups in total. The van der Waals surface area contributed by atoms with E-state index in [9.17, 15) is 9.59 Å². The maximum absolute atomic E-state index is 12.2. The van der Waals surface area contributed by atoms with E-state index >= 15 is 0 Å². The van der Waals surface area contributed by atoms with Crippen molar-refractivity contribution in [3.63, 3.8) is 0 Å². The molecule has 0 saturated carbocycles. The van der Waals surface area contributed by atoms with Crippen molar-refractivity contribution in [2.24, 2.45) is 0 Å². The van der Waals surface area contributed by atoms with Crippen molar-refractivity contribution in [1.29, 1.82) is 0 Å². The van der Waals surface area contributed by atoms with Crippen LogP contribution >= 0.6 is 0 Å². The summed E-state index contributed by atoms with van der Waals surface area (Å²) in [5.41, 5.74) is 2.40. The summed E-state index contributed by atoms with van der Waals surface area (Å²) in [6.07, 6.45) is 1.22. The standard InChI is InChI=1S/C16H16N4O4/c1-9-3-4-11(15-19-18-10(2)24-15)7-12(9)17-13-8-14(22)20(5-6-21)16(13)23/h3-4,7-8,17,21H,5-6H2,1-2H3. The molecule has 1 aromatic heterocycles. The van der Waals surface area contributed by atoms with Gasteiger partial charge in [0.25, 0.3) is 11.8 Å². The number of hydrogen-bond donors (Lipinski definition) is 2. The molecule has 2 aromatic rings. The van der Waals surface area contributed by atoms with E-state index in [1.54, 1.807) is 13.0 Å². The van der Waals surface area contributed by atoms with Crippen molar-refractivity contribution >= 4 is 17.5 Å². The number of carbonyl (C=O) groups is 2. The smallest absolute Gasteiger partial charge is 0.277 e. The van der Waals surface area contributed by atoms with Crippen molar-refractivity contribution < 1.29 is 19.1 Å². The van der Waals surface area contributed by atoms with Crippen LogP contribution in [0.2, 0.25) is 0 Å². The van der Waals surface area contributed by atoms with E-state index in [1.807, 2.05) is 19.1 Å². The molecule has 0 saturated heterocycles. The third kappa shape index (κ3) is 2.91. The number of amides is 2. The van der Waals surface area contributed by atoms with E-state index in [0.717, 1.165) is 10.5 Å². The average Bonchev–Trinajstić information content (AvgIpc) is 3.09. The van der Waals surface area contributed by atoms with Crippen LogP contribution in [-0.4, -0.2) is 45.2 Å². The van der Waals surface area contributed by atoms with Gasteiger partial charge >= 0.3 is 0 Å². The summed E-state index contributed by atoms with van der Waals surface area (Å²) in [5.74, 6) is -0.0790. The van der Waals surface area contributed by atoms with Crippen LogP contribution in [0.5, 0.6) is 0 Å². The van der Waals surface area contributed by atoms with Gasteiger partial charge in [0.1, 0.15) is 5.70 Å². The Morgan fingerprint density at radius 1 is 1.25 bits per heavy atom. The first kappa shape index (κ1) is 15.9. The van der Waals surface area contributed by atoms with Crippen LogP contribution < -0.4 is 5.32 Å². The second-order valence-electron chi connectivity index (χ2n) is 5.36. The molecule has 24 heavy (non-hydrogen) atoms. The molecular formula is C16H16N4O4. The van der Waals surface area contributed by atoms with Crippen molar-refractivity contribution in [2.75, 3.05) is 18.5 Å². The van der Waals surface area contributed by atoms with E-state index in [-0.39, 0.29) is 18.8 Å². The third-order valence-electron chi connectivity index (χ3n) is 3.61. The number of aryl methyl sites for hydroxylation is 2. The normalized spacial score (nSPS) is 14.3. The highest BCUT2D eigenvalue weighted by molar-refractivity contribution is 6.17. The lowest BCUT2D eigenvalue weighted by Crippen LogP contribution is -2.34. The van der Waals surface area contributed by atoms with Gasteiger partial charge in [-0.25, -0.2) is 0 Å². The Morgan fingerprint density at radius 2 is 2.04 bits per heavy atom. The van der Waals surface area contributed by atoms with Crippen LogP contribution in [0.1, 0.15) is 11.5 Å². The Labute approximate surface area is 137 Å². The van der Waals surface area contributed by atoms with Crippen molar-refractivity contribution in [3.05, 3.63) is 41.4 Å². The van der Waals surface area contributed by atoms with Gasteiger partial charge in [-0.1, -0.05) is 6.07 Å². The topological polar surface area (TPSA) is 109 Å². The van der Waals surface area contributed by atoms with E-state index < -0.39 is 11.8 Å². The molecule has 124 valence electrons. The van der Waals surface area contributed by atoms with Gasteiger partial charge in [0.2, 0.25) is 11.8 Å². The summed E-state index contributed by atoms with van der Waals surface area (Å²) in [4.78, 5) is 25.0. The second-order valence-corrected chi connectivity index (χ2v) is 5.36. The predicted molar refractivity (Wildman–Crippen MR) is 84.7 cm³/mol. The third-order valence-corrected chi connectivity index (χ3v) is 3.61. The molecular weight excluding hydrogens is 312 g/mol. The fraction of sp³-hybridized carbons (Fsp3) is 0.250. The summed E-state index contributed by atoms with van der Waals surface area (Å²) in [6.45, 7) is 3.27. The van der Waals surface area contributed by atoms with Gasteiger partial charge in [0, 0.05) is 24.3 Å². The molecule has 8 heteroatoms. The lowest BCUT2D eigenvalue weighted by atomic mass is 10.1. The second kappa shape index (κ2) is 6.25. The molecule has 1 aromatic carbocycles. The monoisotopic (exact) mass is 328 g/mol. The first-order valence-electron chi connectivity index (χ1n) is 7.36. The number of nitrogens with zero attached hydrogens (tertiary/aromatic N) is 3. The predicted octanol–water partition coefficient (Wildman–Crippen LogP) is 1.01. The zero-order chi connectivity index (χ0) is 17.3.